The van der Waals surface area contributed by atoms with Gasteiger partial charge in [0.15, 0.2) is 0 Å². The predicted octanol–water partition coefficient (Wildman–Crippen LogP) is 2.04. The van der Waals surface area contributed by atoms with Crippen LogP contribution in [-0.4, -0.2) is 38.4 Å². The standard InChI is InChI=1S/C16H25N3O3/c1-16(2,3)22-15(20)18-12(10-17)11-5-6-14-13(9-11)19(4)7-8-21-14/h5-6,9,12H,7-8,10,17H2,1-4H3,(H,18,20). The van der Waals surface area contributed by atoms with E-state index in [-0.39, 0.29) is 6.04 Å². The summed E-state index contributed by atoms with van der Waals surface area (Å²) in [6.45, 7) is 7.30. The van der Waals surface area contributed by atoms with Crippen LogP contribution in [0, 0.1) is 0 Å². The molecule has 1 aliphatic heterocycles. The first-order valence-electron chi connectivity index (χ1n) is 7.47. The van der Waals surface area contributed by atoms with E-state index < -0.39 is 11.7 Å². The lowest BCUT2D eigenvalue weighted by atomic mass is 10.0. The molecule has 1 unspecified atom stereocenters. The molecule has 1 heterocycles. The first-order valence-corrected chi connectivity index (χ1v) is 7.47. The number of likely N-dealkylation sites (N-methyl/N-ethyl adjacent to an activating group) is 1. The lowest BCUT2D eigenvalue weighted by molar-refractivity contribution is 0.0505. The van der Waals surface area contributed by atoms with Gasteiger partial charge in [0.25, 0.3) is 0 Å². The topological polar surface area (TPSA) is 76.8 Å². The lowest BCUT2D eigenvalue weighted by Crippen LogP contribution is -2.38. The van der Waals surface area contributed by atoms with Crippen molar-refractivity contribution in [2.45, 2.75) is 32.4 Å². The van der Waals surface area contributed by atoms with E-state index in [1.54, 1.807) is 0 Å². The number of benzene rings is 1. The fourth-order valence-electron chi connectivity index (χ4n) is 2.31. The van der Waals surface area contributed by atoms with Crippen molar-refractivity contribution in [1.82, 2.24) is 5.32 Å². The Morgan fingerprint density at radius 1 is 1.50 bits per heavy atom. The molecule has 0 radical (unpaired) electrons. The van der Waals surface area contributed by atoms with Crippen molar-refractivity contribution < 1.29 is 14.3 Å². The van der Waals surface area contributed by atoms with Crippen LogP contribution in [0.5, 0.6) is 5.75 Å². The van der Waals surface area contributed by atoms with E-state index in [9.17, 15) is 4.79 Å². The number of alkyl carbamates (subject to hydrolysis) is 1. The molecule has 0 bridgehead atoms. The number of ether oxygens (including phenoxy) is 2. The predicted molar refractivity (Wildman–Crippen MR) is 86.4 cm³/mol. The Balaban J connectivity index is 2.14. The highest BCUT2D eigenvalue weighted by molar-refractivity contribution is 5.69. The van der Waals surface area contributed by atoms with E-state index in [1.807, 2.05) is 46.0 Å². The van der Waals surface area contributed by atoms with Gasteiger partial charge in [-0.3, -0.25) is 0 Å². The molecule has 6 heteroatoms. The minimum atomic E-state index is -0.535. The van der Waals surface area contributed by atoms with Gasteiger partial charge < -0.3 is 25.4 Å². The second-order valence-corrected chi connectivity index (χ2v) is 6.43. The third-order valence-electron chi connectivity index (χ3n) is 3.41. The average Bonchev–Trinajstić information content (AvgIpc) is 2.43. The molecular weight excluding hydrogens is 282 g/mol. The summed E-state index contributed by atoms with van der Waals surface area (Å²) in [6, 6.07) is 5.55. The van der Waals surface area contributed by atoms with Gasteiger partial charge in [0, 0.05) is 13.6 Å². The van der Waals surface area contributed by atoms with Crippen molar-refractivity contribution in [2.24, 2.45) is 5.73 Å². The van der Waals surface area contributed by atoms with Crippen LogP contribution in [0.4, 0.5) is 10.5 Å². The van der Waals surface area contributed by atoms with Crippen molar-refractivity contribution in [3.63, 3.8) is 0 Å². The van der Waals surface area contributed by atoms with Crippen LogP contribution in [0.25, 0.3) is 0 Å². The Hall–Kier alpha value is -1.95. The Morgan fingerprint density at radius 2 is 2.23 bits per heavy atom. The zero-order valence-corrected chi connectivity index (χ0v) is 13.7. The van der Waals surface area contributed by atoms with Crippen LogP contribution in [0.2, 0.25) is 0 Å². The molecule has 6 nitrogen and oxygen atoms in total. The average molecular weight is 307 g/mol. The second kappa shape index (κ2) is 6.44. The summed E-state index contributed by atoms with van der Waals surface area (Å²) >= 11 is 0. The summed E-state index contributed by atoms with van der Waals surface area (Å²) in [5.74, 6) is 0.852. The smallest absolute Gasteiger partial charge is 0.408 e. The van der Waals surface area contributed by atoms with E-state index in [2.05, 4.69) is 10.2 Å². The van der Waals surface area contributed by atoms with Gasteiger partial charge in [-0.1, -0.05) is 6.07 Å². The number of nitrogens with one attached hydrogen (secondary N) is 1. The molecule has 0 fully saturated rings. The van der Waals surface area contributed by atoms with Gasteiger partial charge >= 0.3 is 6.09 Å². The van der Waals surface area contributed by atoms with E-state index in [1.165, 1.54) is 0 Å². The number of nitrogens with two attached hydrogens (primary N) is 1. The molecule has 22 heavy (non-hydrogen) atoms. The quantitative estimate of drug-likeness (QED) is 0.893. The van der Waals surface area contributed by atoms with Gasteiger partial charge in [0.1, 0.15) is 18.0 Å². The van der Waals surface area contributed by atoms with Crippen molar-refractivity contribution in [1.29, 1.82) is 0 Å². The highest BCUT2D eigenvalue weighted by Gasteiger charge is 2.22. The van der Waals surface area contributed by atoms with Gasteiger partial charge in [0.2, 0.25) is 0 Å². The Kier molecular flexibility index (Phi) is 4.81. The third kappa shape index (κ3) is 4.04. The number of rotatable bonds is 3. The zero-order chi connectivity index (χ0) is 16.3. The molecule has 1 amide bonds. The number of hydrogen-bond donors (Lipinski definition) is 2. The molecule has 1 atom stereocenters. The molecule has 3 N–H and O–H groups in total. The summed E-state index contributed by atoms with van der Waals surface area (Å²) in [6.07, 6.45) is -0.467. The fraction of sp³-hybridized carbons (Fsp3) is 0.562. The first kappa shape index (κ1) is 16.4. The monoisotopic (exact) mass is 307 g/mol. The summed E-state index contributed by atoms with van der Waals surface area (Å²) < 4.78 is 10.9. The third-order valence-corrected chi connectivity index (χ3v) is 3.41. The van der Waals surface area contributed by atoms with Gasteiger partial charge in [-0.25, -0.2) is 4.79 Å². The van der Waals surface area contributed by atoms with Crippen LogP contribution in [0.3, 0.4) is 0 Å². The van der Waals surface area contributed by atoms with Crippen LogP contribution in [0.15, 0.2) is 18.2 Å². The van der Waals surface area contributed by atoms with Gasteiger partial charge in [-0.15, -0.1) is 0 Å². The molecule has 1 aromatic rings. The molecule has 2 rings (SSSR count). The first-order chi connectivity index (χ1) is 10.3. The number of fused-ring (bicyclic) bond motifs is 1. The molecule has 0 aromatic heterocycles. The molecule has 0 aliphatic carbocycles. The Bertz CT molecular complexity index is 540. The lowest BCUT2D eigenvalue weighted by Gasteiger charge is -2.29. The molecule has 122 valence electrons. The Labute approximate surface area is 131 Å². The van der Waals surface area contributed by atoms with Crippen molar-refractivity contribution in [2.75, 3.05) is 31.6 Å². The molecule has 0 spiro atoms. The summed E-state index contributed by atoms with van der Waals surface area (Å²) in [7, 11) is 2.02. The molecule has 0 saturated heterocycles. The number of hydrogen-bond acceptors (Lipinski definition) is 5. The molecule has 0 saturated carbocycles. The largest absolute Gasteiger partial charge is 0.490 e. The van der Waals surface area contributed by atoms with Crippen LogP contribution >= 0.6 is 0 Å². The fourth-order valence-corrected chi connectivity index (χ4v) is 2.31. The number of nitrogens with zero attached hydrogens (tertiary/aromatic N) is 1. The minimum Gasteiger partial charge on any atom is -0.490 e. The van der Waals surface area contributed by atoms with Crippen LogP contribution in [-0.2, 0) is 4.74 Å². The van der Waals surface area contributed by atoms with Gasteiger partial charge in [0.05, 0.1) is 18.3 Å². The molecule has 1 aromatic carbocycles. The second-order valence-electron chi connectivity index (χ2n) is 6.43. The van der Waals surface area contributed by atoms with E-state index >= 15 is 0 Å². The molecular formula is C16H25N3O3. The number of amides is 1. The summed E-state index contributed by atoms with van der Waals surface area (Å²) in [5.41, 5.74) is 7.22. The van der Waals surface area contributed by atoms with E-state index in [0.29, 0.717) is 13.2 Å². The normalized spacial score (nSPS) is 15.6. The van der Waals surface area contributed by atoms with E-state index in [4.69, 9.17) is 15.2 Å². The molecule has 1 aliphatic rings. The van der Waals surface area contributed by atoms with Crippen LogP contribution in [0.1, 0.15) is 32.4 Å². The van der Waals surface area contributed by atoms with Crippen molar-refractivity contribution in [3.05, 3.63) is 23.8 Å². The number of carbonyl (C=O) groups is 1. The zero-order valence-electron chi connectivity index (χ0n) is 13.7. The SMILES string of the molecule is CN1CCOc2ccc(C(CN)NC(=O)OC(C)(C)C)cc21. The number of anilines is 1. The maximum atomic E-state index is 11.9. The maximum absolute atomic E-state index is 11.9. The summed E-state index contributed by atoms with van der Waals surface area (Å²) in [5, 5.41) is 2.82. The summed E-state index contributed by atoms with van der Waals surface area (Å²) in [4.78, 5) is 14.1. The highest BCUT2D eigenvalue weighted by Crippen LogP contribution is 2.33. The van der Waals surface area contributed by atoms with Crippen LogP contribution < -0.4 is 20.7 Å². The van der Waals surface area contributed by atoms with E-state index in [0.717, 1.165) is 23.5 Å². The number of carbonyl (C=O) groups excluding carboxylic acids is 1. The van der Waals surface area contributed by atoms with Gasteiger partial charge in [-0.2, -0.15) is 0 Å². The van der Waals surface area contributed by atoms with Gasteiger partial charge in [-0.05, 0) is 38.5 Å². The minimum absolute atomic E-state index is 0.294. The van der Waals surface area contributed by atoms with Crippen molar-refractivity contribution >= 4 is 11.8 Å². The van der Waals surface area contributed by atoms with Crippen molar-refractivity contribution in [3.8, 4) is 5.75 Å². The Morgan fingerprint density at radius 3 is 2.86 bits per heavy atom. The highest BCUT2D eigenvalue weighted by atomic mass is 16.6. The maximum Gasteiger partial charge on any atom is 0.408 e.